The first kappa shape index (κ1) is 17.7. The van der Waals surface area contributed by atoms with Crippen molar-refractivity contribution in [3.63, 3.8) is 0 Å². The van der Waals surface area contributed by atoms with Gasteiger partial charge in [0.05, 0.1) is 10.9 Å². The average Bonchev–Trinajstić information content (AvgIpc) is 2.69. The molecule has 0 aliphatic rings. The molecule has 0 atom stereocenters. The zero-order valence-corrected chi connectivity index (χ0v) is 15.1. The number of hydrogen-bond donors (Lipinski definition) is 6. The SMILES string of the molecule is Bc1c(O)c(O)c(O)c2c(O)c(O)c(-c3ccc4ccccc4c3C)c(O)c12. The predicted molar refractivity (Wildman–Crippen MR) is 110 cm³/mol. The van der Waals surface area contributed by atoms with Crippen LogP contribution in [0.15, 0.2) is 36.4 Å². The molecule has 0 bridgehead atoms. The highest BCUT2D eigenvalue weighted by atomic mass is 16.3. The number of rotatable bonds is 1. The van der Waals surface area contributed by atoms with E-state index in [1.54, 1.807) is 6.07 Å². The van der Waals surface area contributed by atoms with E-state index in [1.807, 2.05) is 37.3 Å². The van der Waals surface area contributed by atoms with Crippen LogP contribution in [0.3, 0.4) is 0 Å². The molecule has 0 spiro atoms. The second-order valence-corrected chi connectivity index (χ2v) is 6.80. The maximum atomic E-state index is 11.0. The number of aromatic hydroxyl groups is 6. The van der Waals surface area contributed by atoms with E-state index >= 15 is 0 Å². The van der Waals surface area contributed by atoms with Crippen molar-refractivity contribution in [2.24, 2.45) is 0 Å². The van der Waals surface area contributed by atoms with Gasteiger partial charge in [0.2, 0.25) is 0 Å². The average molecular weight is 376 g/mol. The minimum atomic E-state index is -0.839. The van der Waals surface area contributed by atoms with E-state index in [1.165, 1.54) is 7.85 Å². The molecule has 7 heteroatoms. The van der Waals surface area contributed by atoms with Gasteiger partial charge >= 0.3 is 0 Å². The lowest BCUT2D eigenvalue weighted by Gasteiger charge is -2.19. The number of hydrogen-bond acceptors (Lipinski definition) is 6. The summed E-state index contributed by atoms with van der Waals surface area (Å²) in [4.78, 5) is 0. The summed E-state index contributed by atoms with van der Waals surface area (Å²) < 4.78 is 0. The molecule has 0 aromatic heterocycles. The Kier molecular flexibility index (Phi) is 3.71. The van der Waals surface area contributed by atoms with Gasteiger partial charge in [0.15, 0.2) is 28.7 Å². The van der Waals surface area contributed by atoms with Crippen molar-refractivity contribution >= 4 is 34.9 Å². The monoisotopic (exact) mass is 376 g/mol. The lowest BCUT2D eigenvalue weighted by molar-refractivity contribution is 0.369. The largest absolute Gasteiger partial charge is 0.507 e. The predicted octanol–water partition coefficient (Wildman–Crippen LogP) is 2.46. The summed E-state index contributed by atoms with van der Waals surface area (Å²) in [6.45, 7) is 1.83. The quantitative estimate of drug-likeness (QED) is 0.172. The smallest absolute Gasteiger partial charge is 0.200 e. The Balaban J connectivity index is 2.20. The van der Waals surface area contributed by atoms with E-state index in [-0.39, 0.29) is 21.8 Å². The van der Waals surface area contributed by atoms with E-state index in [0.717, 1.165) is 16.3 Å². The Morgan fingerprint density at radius 2 is 1.29 bits per heavy atom. The lowest BCUT2D eigenvalue weighted by atomic mass is 9.84. The topological polar surface area (TPSA) is 121 Å². The number of aryl methyl sites for hydroxylation is 1. The van der Waals surface area contributed by atoms with Crippen LogP contribution >= 0.6 is 0 Å². The van der Waals surface area contributed by atoms with Crippen molar-refractivity contribution in [3.05, 3.63) is 42.0 Å². The van der Waals surface area contributed by atoms with Crippen LogP contribution in [-0.4, -0.2) is 38.5 Å². The van der Waals surface area contributed by atoms with Crippen LogP contribution in [0.1, 0.15) is 5.56 Å². The Hall–Kier alpha value is -3.74. The zero-order valence-electron chi connectivity index (χ0n) is 15.1. The maximum Gasteiger partial charge on any atom is 0.200 e. The maximum absolute atomic E-state index is 11.0. The number of fused-ring (bicyclic) bond motifs is 2. The van der Waals surface area contributed by atoms with Gasteiger partial charge in [0.25, 0.3) is 0 Å². The molecular weight excluding hydrogens is 359 g/mol. The van der Waals surface area contributed by atoms with Crippen LogP contribution < -0.4 is 5.46 Å². The highest BCUT2D eigenvalue weighted by Gasteiger charge is 2.28. The standard InChI is InChI=1S/C21H17BO6/c1-8-10-5-3-2-4-9(10)6-7-11(8)12-16(23)13-14(18(25)17(12)24)19(26)21(28)20(27)15(13)22/h2-7,23-28H,22H2,1H3. The summed E-state index contributed by atoms with van der Waals surface area (Å²) in [5.74, 6) is -4.05. The second-order valence-electron chi connectivity index (χ2n) is 6.80. The first-order valence-electron chi connectivity index (χ1n) is 8.58. The molecule has 0 heterocycles. The number of phenolic OH excluding ortho intramolecular Hbond substituents is 6. The van der Waals surface area contributed by atoms with Gasteiger partial charge in [0, 0.05) is 5.39 Å². The molecule has 4 aromatic rings. The highest BCUT2D eigenvalue weighted by molar-refractivity contribution is 6.43. The third kappa shape index (κ3) is 2.16. The van der Waals surface area contributed by atoms with E-state index in [4.69, 9.17) is 0 Å². The van der Waals surface area contributed by atoms with Crippen LogP contribution in [0, 0.1) is 6.92 Å². The minimum absolute atomic E-state index is 0.0270. The van der Waals surface area contributed by atoms with E-state index in [0.29, 0.717) is 5.56 Å². The Morgan fingerprint density at radius 1 is 0.643 bits per heavy atom. The van der Waals surface area contributed by atoms with Crippen molar-refractivity contribution in [1.29, 1.82) is 0 Å². The molecule has 4 rings (SSSR count). The molecule has 0 unspecified atom stereocenters. The molecule has 0 fully saturated rings. The van der Waals surface area contributed by atoms with Gasteiger partial charge in [0.1, 0.15) is 13.6 Å². The lowest BCUT2D eigenvalue weighted by Crippen LogP contribution is -2.06. The summed E-state index contributed by atoms with van der Waals surface area (Å²) in [7, 11) is 1.42. The number of benzene rings is 4. The van der Waals surface area contributed by atoms with Crippen LogP contribution in [0.4, 0.5) is 0 Å². The third-order valence-electron chi connectivity index (χ3n) is 5.30. The second kappa shape index (κ2) is 5.89. The summed E-state index contributed by atoms with van der Waals surface area (Å²) in [6, 6.07) is 11.2. The van der Waals surface area contributed by atoms with Crippen LogP contribution in [0.25, 0.3) is 32.7 Å². The van der Waals surface area contributed by atoms with Crippen molar-refractivity contribution in [1.82, 2.24) is 0 Å². The molecular formula is C21H17BO6. The third-order valence-corrected chi connectivity index (χ3v) is 5.30. The molecule has 0 aliphatic carbocycles. The summed E-state index contributed by atoms with van der Waals surface area (Å²) >= 11 is 0. The minimum Gasteiger partial charge on any atom is -0.507 e. The molecule has 140 valence electrons. The van der Waals surface area contributed by atoms with Gasteiger partial charge < -0.3 is 30.6 Å². The fourth-order valence-corrected chi connectivity index (χ4v) is 3.79. The van der Waals surface area contributed by atoms with Gasteiger partial charge in [-0.25, -0.2) is 0 Å². The van der Waals surface area contributed by atoms with E-state index < -0.39 is 34.5 Å². The molecule has 28 heavy (non-hydrogen) atoms. The molecule has 0 radical (unpaired) electrons. The number of phenols is 6. The fraction of sp³-hybridized carbons (Fsp3) is 0.0476. The zero-order chi connectivity index (χ0) is 20.3. The van der Waals surface area contributed by atoms with E-state index in [2.05, 4.69) is 0 Å². The summed E-state index contributed by atoms with van der Waals surface area (Å²) in [6.07, 6.45) is 0. The van der Waals surface area contributed by atoms with Gasteiger partial charge in [-0.05, 0) is 34.3 Å². The van der Waals surface area contributed by atoms with Crippen molar-refractivity contribution in [2.45, 2.75) is 6.92 Å². The molecule has 6 N–H and O–H groups in total. The van der Waals surface area contributed by atoms with Crippen LogP contribution in [0.5, 0.6) is 34.5 Å². The van der Waals surface area contributed by atoms with Gasteiger partial charge in [-0.15, -0.1) is 0 Å². The normalized spacial score (nSPS) is 11.3. The molecule has 4 aromatic carbocycles. The van der Waals surface area contributed by atoms with Gasteiger partial charge in [-0.3, -0.25) is 0 Å². The fourth-order valence-electron chi connectivity index (χ4n) is 3.79. The molecule has 0 saturated carbocycles. The molecule has 6 nitrogen and oxygen atoms in total. The molecule has 0 aliphatic heterocycles. The molecule has 0 saturated heterocycles. The Bertz CT molecular complexity index is 1300. The van der Waals surface area contributed by atoms with Crippen molar-refractivity contribution in [3.8, 4) is 45.6 Å². The van der Waals surface area contributed by atoms with E-state index in [9.17, 15) is 30.6 Å². The first-order valence-corrected chi connectivity index (χ1v) is 8.58. The Morgan fingerprint density at radius 3 is 2.00 bits per heavy atom. The summed E-state index contributed by atoms with van der Waals surface area (Å²) in [5.41, 5.74) is 1.28. The highest BCUT2D eigenvalue weighted by Crippen LogP contribution is 2.54. The van der Waals surface area contributed by atoms with Gasteiger partial charge in [-0.2, -0.15) is 0 Å². The van der Waals surface area contributed by atoms with Crippen molar-refractivity contribution < 1.29 is 30.6 Å². The molecule has 0 amide bonds. The first-order chi connectivity index (χ1) is 13.3. The van der Waals surface area contributed by atoms with Crippen LogP contribution in [0.2, 0.25) is 0 Å². The van der Waals surface area contributed by atoms with Gasteiger partial charge in [-0.1, -0.05) is 36.4 Å². The van der Waals surface area contributed by atoms with Crippen LogP contribution in [-0.2, 0) is 0 Å². The van der Waals surface area contributed by atoms with Crippen molar-refractivity contribution in [2.75, 3.05) is 0 Å². The summed E-state index contributed by atoms with van der Waals surface area (Å²) in [5, 5.41) is 63.7. The Labute approximate surface area is 160 Å².